The Hall–Kier alpha value is -2.29. The molecular weight excluding hydrogens is 339 g/mol. The molecule has 8 nitrogen and oxygen atoms in total. The highest BCUT2D eigenvalue weighted by Crippen LogP contribution is 2.29. The number of aromatic nitrogens is 4. The van der Waals surface area contributed by atoms with E-state index in [0.717, 1.165) is 11.5 Å². The molecule has 2 aliphatic rings. The molecule has 1 unspecified atom stereocenters. The zero-order valence-corrected chi connectivity index (χ0v) is 14.8. The van der Waals surface area contributed by atoms with Crippen LogP contribution in [0.3, 0.4) is 0 Å². The average Bonchev–Trinajstić information content (AvgIpc) is 3.31. The van der Waals surface area contributed by atoms with E-state index in [9.17, 15) is 4.79 Å². The Balaban J connectivity index is 1.38. The van der Waals surface area contributed by atoms with E-state index >= 15 is 4.39 Å². The van der Waals surface area contributed by atoms with E-state index < -0.39 is 5.67 Å². The van der Waals surface area contributed by atoms with Gasteiger partial charge in [0, 0.05) is 44.3 Å². The largest absolute Gasteiger partial charge is 0.381 e. The van der Waals surface area contributed by atoms with Gasteiger partial charge in [-0.3, -0.25) is 4.79 Å². The zero-order valence-electron chi connectivity index (χ0n) is 14.8. The molecule has 2 aromatic rings. The summed E-state index contributed by atoms with van der Waals surface area (Å²) in [6.07, 6.45) is 2.89. The monoisotopic (exact) mass is 362 g/mol. The molecule has 9 heteroatoms. The number of carbonyl (C=O) groups is 1. The molecule has 1 amide bonds. The highest BCUT2D eigenvalue weighted by atomic mass is 19.1. The van der Waals surface area contributed by atoms with Crippen molar-refractivity contribution in [1.29, 1.82) is 0 Å². The summed E-state index contributed by atoms with van der Waals surface area (Å²) in [5.41, 5.74) is -0.529. The summed E-state index contributed by atoms with van der Waals surface area (Å²) in [6.45, 7) is 4.12. The third-order valence-electron chi connectivity index (χ3n) is 5.22. The molecule has 26 heavy (non-hydrogen) atoms. The van der Waals surface area contributed by atoms with Crippen LogP contribution in [0.5, 0.6) is 0 Å². The second-order valence-corrected chi connectivity index (χ2v) is 7.14. The molecule has 140 valence electrons. The van der Waals surface area contributed by atoms with Gasteiger partial charge >= 0.3 is 0 Å². The highest BCUT2D eigenvalue weighted by molar-refractivity contribution is 5.79. The zero-order chi connectivity index (χ0) is 18.1. The number of nitrogens with one attached hydrogen (secondary N) is 1. The number of fused-ring (bicyclic) bond motifs is 1. The van der Waals surface area contributed by atoms with Crippen LogP contribution in [0.2, 0.25) is 0 Å². The van der Waals surface area contributed by atoms with Gasteiger partial charge in [0.2, 0.25) is 5.91 Å². The first-order valence-electron chi connectivity index (χ1n) is 9.01. The van der Waals surface area contributed by atoms with Gasteiger partial charge in [0.15, 0.2) is 0 Å². The van der Waals surface area contributed by atoms with Crippen molar-refractivity contribution in [3.8, 4) is 0 Å². The molecule has 0 saturated carbocycles. The van der Waals surface area contributed by atoms with E-state index in [1.807, 2.05) is 13.0 Å². The van der Waals surface area contributed by atoms with Crippen LogP contribution in [-0.4, -0.2) is 64.0 Å². The third kappa shape index (κ3) is 3.35. The Morgan fingerprint density at radius 3 is 3.00 bits per heavy atom. The van der Waals surface area contributed by atoms with E-state index in [1.54, 1.807) is 4.52 Å². The number of halogens is 1. The summed E-state index contributed by atoms with van der Waals surface area (Å²) < 4.78 is 22.0. The lowest BCUT2D eigenvalue weighted by molar-refractivity contribution is -0.125. The van der Waals surface area contributed by atoms with Crippen LogP contribution < -0.4 is 10.2 Å². The van der Waals surface area contributed by atoms with Crippen LogP contribution in [0.4, 0.5) is 10.2 Å². The lowest BCUT2D eigenvalue weighted by Crippen LogP contribution is -2.49. The minimum absolute atomic E-state index is 0.0598. The molecule has 2 saturated heterocycles. The van der Waals surface area contributed by atoms with E-state index in [0.29, 0.717) is 51.3 Å². The molecule has 0 aliphatic carbocycles. The van der Waals surface area contributed by atoms with Crippen LogP contribution >= 0.6 is 0 Å². The predicted octanol–water partition coefficient (Wildman–Crippen LogP) is 0.894. The summed E-state index contributed by atoms with van der Waals surface area (Å²) in [5.74, 6) is 1.18. The number of carbonyl (C=O) groups excluding carboxylic acids is 1. The number of nitrogens with zero attached hydrogens (tertiary/aromatic N) is 5. The number of piperidine rings is 1. The fraction of sp³-hybridized carbons (Fsp3) is 0.647. The standard InChI is InChI=1S/C17H23FN6O2/c1-12-8-14(24-16(22-12)20-11-21-24)23-5-3-17(18,4-6-23)10-19-15(25)13-2-7-26-9-13/h8,11,13H,2-7,9-10H2,1H3,(H,19,25). The first-order valence-corrected chi connectivity index (χ1v) is 9.01. The number of amides is 1. The van der Waals surface area contributed by atoms with Crippen molar-refractivity contribution in [2.45, 2.75) is 31.9 Å². The summed E-state index contributed by atoms with van der Waals surface area (Å²) >= 11 is 0. The van der Waals surface area contributed by atoms with Gasteiger partial charge in [-0.05, 0) is 13.3 Å². The molecule has 0 radical (unpaired) electrons. The average molecular weight is 362 g/mol. The van der Waals surface area contributed by atoms with Gasteiger partial charge in [0.1, 0.15) is 17.8 Å². The quantitative estimate of drug-likeness (QED) is 0.870. The van der Waals surface area contributed by atoms with E-state index in [-0.39, 0.29) is 18.4 Å². The Labute approximate surface area is 150 Å². The van der Waals surface area contributed by atoms with Gasteiger partial charge < -0.3 is 15.0 Å². The van der Waals surface area contributed by atoms with Crippen LogP contribution in [-0.2, 0) is 9.53 Å². The number of aryl methyl sites for hydroxylation is 1. The van der Waals surface area contributed by atoms with Crippen molar-refractivity contribution in [1.82, 2.24) is 24.9 Å². The van der Waals surface area contributed by atoms with Crippen LogP contribution in [0.15, 0.2) is 12.4 Å². The maximum absolute atomic E-state index is 15.1. The first-order chi connectivity index (χ1) is 12.5. The molecule has 0 spiro atoms. The molecular formula is C17H23FN6O2. The normalized spacial score (nSPS) is 22.7. The lowest BCUT2D eigenvalue weighted by Gasteiger charge is -2.37. The SMILES string of the molecule is Cc1cc(N2CCC(F)(CNC(=O)C3CCOC3)CC2)n2ncnc2n1. The van der Waals surface area contributed by atoms with E-state index in [1.165, 1.54) is 6.33 Å². The minimum Gasteiger partial charge on any atom is -0.381 e. The molecule has 4 heterocycles. The fourth-order valence-corrected chi connectivity index (χ4v) is 3.58. The van der Waals surface area contributed by atoms with Gasteiger partial charge in [-0.2, -0.15) is 14.6 Å². The molecule has 0 aromatic carbocycles. The van der Waals surface area contributed by atoms with Crippen LogP contribution in [0, 0.1) is 12.8 Å². The van der Waals surface area contributed by atoms with E-state index in [2.05, 4.69) is 25.3 Å². The predicted molar refractivity (Wildman–Crippen MR) is 92.7 cm³/mol. The Bertz CT molecular complexity index is 796. The first kappa shape index (κ1) is 17.1. The summed E-state index contributed by atoms with van der Waals surface area (Å²) in [6, 6.07) is 1.94. The van der Waals surface area contributed by atoms with Gasteiger partial charge in [-0.15, -0.1) is 0 Å². The molecule has 2 aromatic heterocycles. The van der Waals surface area contributed by atoms with Crippen molar-refractivity contribution in [3.63, 3.8) is 0 Å². The third-order valence-corrected chi connectivity index (χ3v) is 5.22. The summed E-state index contributed by atoms with van der Waals surface area (Å²) in [5, 5.41) is 6.99. The molecule has 4 rings (SSSR count). The molecule has 2 fully saturated rings. The number of hydrogen-bond acceptors (Lipinski definition) is 6. The Kier molecular flexibility index (Phi) is 4.47. The van der Waals surface area contributed by atoms with Crippen molar-refractivity contribution < 1.29 is 13.9 Å². The van der Waals surface area contributed by atoms with Gasteiger partial charge in [-0.1, -0.05) is 0 Å². The Morgan fingerprint density at radius 2 is 2.27 bits per heavy atom. The summed E-state index contributed by atoms with van der Waals surface area (Å²) in [7, 11) is 0. The van der Waals surface area contributed by atoms with Crippen molar-refractivity contribution >= 4 is 17.5 Å². The van der Waals surface area contributed by atoms with Gasteiger partial charge in [0.05, 0.1) is 19.1 Å². The lowest BCUT2D eigenvalue weighted by atomic mass is 9.93. The fourth-order valence-electron chi connectivity index (χ4n) is 3.58. The second-order valence-electron chi connectivity index (χ2n) is 7.14. The number of ether oxygens (including phenoxy) is 1. The smallest absolute Gasteiger partial charge is 0.254 e. The maximum atomic E-state index is 15.1. The van der Waals surface area contributed by atoms with Gasteiger partial charge in [-0.25, -0.2) is 9.37 Å². The number of anilines is 1. The molecule has 2 aliphatic heterocycles. The number of hydrogen-bond donors (Lipinski definition) is 1. The molecule has 0 bridgehead atoms. The topological polar surface area (TPSA) is 84.7 Å². The number of rotatable bonds is 4. The molecule has 1 atom stereocenters. The van der Waals surface area contributed by atoms with Crippen molar-refractivity contribution in [2.75, 3.05) is 37.7 Å². The minimum atomic E-state index is -1.38. The van der Waals surface area contributed by atoms with Gasteiger partial charge in [0.25, 0.3) is 5.78 Å². The van der Waals surface area contributed by atoms with Crippen molar-refractivity contribution in [3.05, 3.63) is 18.1 Å². The number of alkyl halides is 1. The highest BCUT2D eigenvalue weighted by Gasteiger charge is 2.36. The van der Waals surface area contributed by atoms with Crippen LogP contribution in [0.25, 0.3) is 5.78 Å². The maximum Gasteiger partial charge on any atom is 0.254 e. The summed E-state index contributed by atoms with van der Waals surface area (Å²) in [4.78, 5) is 22.6. The molecule has 1 N–H and O–H groups in total. The Morgan fingerprint density at radius 1 is 1.46 bits per heavy atom. The second kappa shape index (κ2) is 6.79. The van der Waals surface area contributed by atoms with E-state index in [4.69, 9.17) is 4.74 Å². The van der Waals surface area contributed by atoms with Crippen LogP contribution in [0.1, 0.15) is 25.0 Å². The van der Waals surface area contributed by atoms with Crippen molar-refractivity contribution in [2.24, 2.45) is 5.92 Å².